The molecule has 0 amide bonds. The van der Waals surface area contributed by atoms with Gasteiger partial charge in [-0.1, -0.05) is 43.5 Å². The van der Waals surface area contributed by atoms with Gasteiger partial charge in [0.25, 0.3) is 0 Å². The van der Waals surface area contributed by atoms with Crippen molar-refractivity contribution < 1.29 is 0 Å². The predicted molar refractivity (Wildman–Crippen MR) is 84.5 cm³/mol. The third-order valence-electron chi connectivity index (χ3n) is 2.98. The van der Waals surface area contributed by atoms with Gasteiger partial charge in [0.05, 0.1) is 10.5 Å². The zero-order valence-electron chi connectivity index (χ0n) is 11.3. The fourth-order valence-corrected chi connectivity index (χ4v) is 2.66. The van der Waals surface area contributed by atoms with Gasteiger partial charge in [-0.15, -0.1) is 0 Å². The monoisotopic (exact) mass is 296 g/mol. The van der Waals surface area contributed by atoms with Crippen LogP contribution in [-0.4, -0.2) is 11.5 Å². The maximum Gasteiger partial charge on any atom is 0.129 e. The highest BCUT2D eigenvalue weighted by molar-refractivity contribution is 6.38. The van der Waals surface area contributed by atoms with Crippen LogP contribution in [0.1, 0.15) is 32.3 Å². The first kappa shape index (κ1) is 14.4. The average Bonchev–Trinajstić information content (AvgIpc) is 2.37. The van der Waals surface area contributed by atoms with Crippen LogP contribution < -0.4 is 5.32 Å². The summed E-state index contributed by atoms with van der Waals surface area (Å²) in [7, 11) is 0. The zero-order chi connectivity index (χ0) is 13.8. The molecule has 2 rings (SSSR count). The fourth-order valence-electron chi connectivity index (χ4n) is 2.11. The van der Waals surface area contributed by atoms with Crippen molar-refractivity contribution in [1.29, 1.82) is 0 Å². The van der Waals surface area contributed by atoms with E-state index in [2.05, 4.69) is 30.2 Å². The normalized spacial score (nSPS) is 10.9. The molecule has 0 saturated carbocycles. The van der Waals surface area contributed by atoms with E-state index in [1.54, 1.807) is 6.07 Å². The van der Waals surface area contributed by atoms with Crippen molar-refractivity contribution in [2.75, 3.05) is 11.9 Å². The first-order chi connectivity index (χ1) is 9.15. The smallest absolute Gasteiger partial charge is 0.129 e. The lowest BCUT2D eigenvalue weighted by Gasteiger charge is -2.12. The van der Waals surface area contributed by atoms with Gasteiger partial charge < -0.3 is 5.32 Å². The first-order valence-corrected chi connectivity index (χ1v) is 7.43. The minimum absolute atomic E-state index is 0.602. The Hall–Kier alpha value is -0.990. The van der Waals surface area contributed by atoms with Crippen LogP contribution in [0.5, 0.6) is 0 Å². The van der Waals surface area contributed by atoms with E-state index in [0.717, 1.165) is 42.5 Å². The van der Waals surface area contributed by atoms with Gasteiger partial charge in [-0.05, 0) is 36.6 Å². The molecule has 2 nitrogen and oxygen atoms in total. The van der Waals surface area contributed by atoms with Crippen molar-refractivity contribution in [3.63, 3.8) is 0 Å². The lowest BCUT2D eigenvalue weighted by atomic mass is 10.1. The maximum atomic E-state index is 6.22. The Labute approximate surface area is 124 Å². The molecule has 0 spiro atoms. The number of fused-ring (bicyclic) bond motifs is 1. The van der Waals surface area contributed by atoms with E-state index in [-0.39, 0.29) is 0 Å². The number of halogens is 2. The van der Waals surface area contributed by atoms with Gasteiger partial charge in [0.1, 0.15) is 5.82 Å². The topological polar surface area (TPSA) is 24.9 Å². The average molecular weight is 297 g/mol. The number of pyridine rings is 1. The summed E-state index contributed by atoms with van der Waals surface area (Å²) >= 11 is 12.3. The molecule has 4 heteroatoms. The molecular formula is C15H18Cl2N2. The molecule has 0 radical (unpaired) electrons. The van der Waals surface area contributed by atoms with Crippen LogP contribution >= 0.6 is 23.2 Å². The Kier molecular flexibility index (Phi) is 4.89. The summed E-state index contributed by atoms with van der Waals surface area (Å²) in [5.41, 5.74) is 2.03. The van der Waals surface area contributed by atoms with Crippen molar-refractivity contribution in [1.82, 2.24) is 4.98 Å². The Bertz CT molecular complexity index is 582. The highest BCUT2D eigenvalue weighted by Gasteiger charge is 2.09. The van der Waals surface area contributed by atoms with Crippen LogP contribution in [0.25, 0.3) is 10.9 Å². The highest BCUT2D eigenvalue weighted by Crippen LogP contribution is 2.30. The van der Waals surface area contributed by atoms with E-state index in [4.69, 9.17) is 23.2 Å². The molecule has 1 aromatic heterocycles. The zero-order valence-corrected chi connectivity index (χ0v) is 12.8. The number of benzene rings is 1. The van der Waals surface area contributed by atoms with Gasteiger partial charge >= 0.3 is 0 Å². The molecule has 2 aromatic rings. The number of anilines is 1. The SMILES string of the molecule is CCCNc1nc2c(Cl)cc(Cl)cc2cc1CCC. The van der Waals surface area contributed by atoms with Crippen molar-refractivity contribution >= 4 is 39.9 Å². The van der Waals surface area contributed by atoms with Crippen LogP contribution in [-0.2, 0) is 6.42 Å². The molecule has 1 aromatic carbocycles. The number of hydrogen-bond acceptors (Lipinski definition) is 2. The molecule has 0 aliphatic rings. The molecule has 0 bridgehead atoms. The fraction of sp³-hybridized carbons (Fsp3) is 0.400. The van der Waals surface area contributed by atoms with E-state index in [1.165, 1.54) is 5.56 Å². The lowest BCUT2D eigenvalue weighted by molar-refractivity contribution is 0.906. The first-order valence-electron chi connectivity index (χ1n) is 6.68. The van der Waals surface area contributed by atoms with Crippen molar-refractivity contribution in [2.45, 2.75) is 33.1 Å². The Morgan fingerprint density at radius 2 is 1.89 bits per heavy atom. The minimum atomic E-state index is 0.602. The Balaban J connectivity index is 2.55. The predicted octanol–water partition coefficient (Wildman–Crippen LogP) is 5.32. The molecule has 19 heavy (non-hydrogen) atoms. The molecular weight excluding hydrogens is 279 g/mol. The summed E-state index contributed by atoms with van der Waals surface area (Å²) in [5.74, 6) is 0.945. The molecule has 0 fully saturated rings. The summed E-state index contributed by atoms with van der Waals surface area (Å²) in [5, 5.41) is 5.63. The molecule has 0 unspecified atom stereocenters. The summed E-state index contributed by atoms with van der Waals surface area (Å²) in [6.45, 7) is 5.22. The van der Waals surface area contributed by atoms with Crippen molar-refractivity contribution in [3.05, 3.63) is 33.8 Å². The number of aryl methyl sites for hydroxylation is 1. The minimum Gasteiger partial charge on any atom is -0.370 e. The summed E-state index contributed by atoms with van der Waals surface area (Å²) in [6, 6.07) is 5.79. The second-order valence-electron chi connectivity index (χ2n) is 4.63. The number of rotatable bonds is 5. The number of hydrogen-bond donors (Lipinski definition) is 1. The van der Waals surface area contributed by atoms with Crippen LogP contribution in [0.15, 0.2) is 18.2 Å². The molecule has 0 atom stereocenters. The Morgan fingerprint density at radius 3 is 2.58 bits per heavy atom. The highest BCUT2D eigenvalue weighted by atomic mass is 35.5. The van der Waals surface area contributed by atoms with Crippen LogP contribution in [0, 0.1) is 0 Å². The summed E-state index contributed by atoms with van der Waals surface area (Å²) in [6.07, 6.45) is 3.15. The molecule has 1 heterocycles. The van der Waals surface area contributed by atoms with Gasteiger partial charge in [-0.25, -0.2) is 4.98 Å². The molecule has 0 saturated heterocycles. The second kappa shape index (κ2) is 6.44. The Morgan fingerprint density at radius 1 is 1.11 bits per heavy atom. The third kappa shape index (κ3) is 3.31. The van der Waals surface area contributed by atoms with Crippen LogP contribution in [0.2, 0.25) is 10.0 Å². The molecule has 1 N–H and O–H groups in total. The maximum absolute atomic E-state index is 6.22. The molecule has 0 aliphatic heterocycles. The van der Waals surface area contributed by atoms with E-state index in [1.807, 2.05) is 6.07 Å². The number of aromatic nitrogens is 1. The quantitative estimate of drug-likeness (QED) is 0.808. The largest absolute Gasteiger partial charge is 0.370 e. The summed E-state index contributed by atoms with van der Waals surface area (Å²) < 4.78 is 0. The number of nitrogens with zero attached hydrogens (tertiary/aromatic N) is 1. The summed E-state index contributed by atoms with van der Waals surface area (Å²) in [4.78, 5) is 4.67. The second-order valence-corrected chi connectivity index (χ2v) is 5.48. The van der Waals surface area contributed by atoms with E-state index in [0.29, 0.717) is 10.0 Å². The van der Waals surface area contributed by atoms with Gasteiger partial charge in [0, 0.05) is 17.0 Å². The van der Waals surface area contributed by atoms with Gasteiger partial charge in [-0.3, -0.25) is 0 Å². The van der Waals surface area contributed by atoms with E-state index >= 15 is 0 Å². The third-order valence-corrected chi connectivity index (χ3v) is 3.48. The van der Waals surface area contributed by atoms with Gasteiger partial charge in [0.15, 0.2) is 0 Å². The number of nitrogens with one attached hydrogen (secondary N) is 1. The lowest BCUT2D eigenvalue weighted by Crippen LogP contribution is -2.05. The molecule has 102 valence electrons. The van der Waals surface area contributed by atoms with Crippen LogP contribution in [0.4, 0.5) is 5.82 Å². The van der Waals surface area contributed by atoms with E-state index < -0.39 is 0 Å². The van der Waals surface area contributed by atoms with Crippen LogP contribution in [0.3, 0.4) is 0 Å². The van der Waals surface area contributed by atoms with Crippen molar-refractivity contribution in [2.24, 2.45) is 0 Å². The molecule has 0 aliphatic carbocycles. The van der Waals surface area contributed by atoms with E-state index in [9.17, 15) is 0 Å². The van der Waals surface area contributed by atoms with Gasteiger partial charge in [0.2, 0.25) is 0 Å². The van der Waals surface area contributed by atoms with Crippen molar-refractivity contribution in [3.8, 4) is 0 Å². The van der Waals surface area contributed by atoms with Gasteiger partial charge in [-0.2, -0.15) is 0 Å². The standard InChI is InChI=1S/C15H18Cl2N2/c1-3-5-10-7-11-8-12(16)9-13(17)14(11)19-15(10)18-6-4-2/h7-9H,3-6H2,1-2H3,(H,18,19).